The largest absolute Gasteiger partial charge is 0.432 e. The minimum Gasteiger partial charge on any atom is -0.338 e. The van der Waals surface area contributed by atoms with E-state index < -0.39 is 11.9 Å². The molecule has 3 heterocycles. The zero-order chi connectivity index (χ0) is 18.1. The van der Waals surface area contributed by atoms with Crippen LogP contribution in [0.1, 0.15) is 30.3 Å². The number of piperidine rings is 1. The van der Waals surface area contributed by atoms with Gasteiger partial charge in [-0.1, -0.05) is 18.2 Å². The van der Waals surface area contributed by atoms with Crippen molar-refractivity contribution in [2.75, 3.05) is 18.0 Å². The molecule has 9 heteroatoms. The van der Waals surface area contributed by atoms with E-state index in [1.165, 1.54) is 0 Å². The van der Waals surface area contributed by atoms with Gasteiger partial charge in [-0.25, -0.2) is 4.98 Å². The summed E-state index contributed by atoms with van der Waals surface area (Å²) in [5.41, 5.74) is 0.0389. The summed E-state index contributed by atoms with van der Waals surface area (Å²) in [4.78, 5) is 12.7. The zero-order valence-electron chi connectivity index (χ0n) is 13.7. The SMILES string of the molecule is FC(F)(F)c1cnc(C2CCN(c3noc(-c4ccccc4)n3)CC2)[nH]1. The second-order valence-corrected chi connectivity index (χ2v) is 6.21. The number of hydrogen-bond donors (Lipinski definition) is 1. The highest BCUT2D eigenvalue weighted by Gasteiger charge is 2.34. The first-order valence-electron chi connectivity index (χ1n) is 8.27. The quantitative estimate of drug-likeness (QED) is 0.765. The summed E-state index contributed by atoms with van der Waals surface area (Å²) < 4.78 is 43.4. The van der Waals surface area contributed by atoms with E-state index in [1.54, 1.807) is 0 Å². The van der Waals surface area contributed by atoms with E-state index in [0.717, 1.165) is 11.8 Å². The first-order valence-corrected chi connectivity index (χ1v) is 8.27. The van der Waals surface area contributed by atoms with Gasteiger partial charge < -0.3 is 14.4 Å². The van der Waals surface area contributed by atoms with Gasteiger partial charge >= 0.3 is 6.18 Å². The van der Waals surface area contributed by atoms with E-state index in [4.69, 9.17) is 4.52 Å². The Labute approximate surface area is 147 Å². The summed E-state index contributed by atoms with van der Waals surface area (Å²) in [5, 5.41) is 4.02. The lowest BCUT2D eigenvalue weighted by atomic mass is 9.96. The number of nitrogens with one attached hydrogen (secondary N) is 1. The monoisotopic (exact) mass is 363 g/mol. The molecule has 0 radical (unpaired) electrons. The molecule has 1 aliphatic heterocycles. The molecule has 1 fully saturated rings. The molecule has 1 aromatic carbocycles. The zero-order valence-corrected chi connectivity index (χ0v) is 13.7. The first-order chi connectivity index (χ1) is 12.5. The number of nitrogens with zero attached hydrogens (tertiary/aromatic N) is 4. The van der Waals surface area contributed by atoms with E-state index in [1.807, 2.05) is 35.2 Å². The number of H-pyrrole nitrogens is 1. The van der Waals surface area contributed by atoms with E-state index in [0.29, 0.717) is 43.6 Å². The molecule has 0 atom stereocenters. The molecule has 2 aromatic heterocycles. The van der Waals surface area contributed by atoms with Crippen molar-refractivity contribution in [2.24, 2.45) is 0 Å². The van der Waals surface area contributed by atoms with Gasteiger partial charge in [-0.05, 0) is 30.1 Å². The topological polar surface area (TPSA) is 70.8 Å². The Bertz CT molecular complexity index is 866. The van der Waals surface area contributed by atoms with Crippen LogP contribution in [-0.2, 0) is 6.18 Å². The fourth-order valence-corrected chi connectivity index (χ4v) is 3.08. The van der Waals surface area contributed by atoms with Gasteiger partial charge in [0.05, 0.1) is 6.20 Å². The van der Waals surface area contributed by atoms with E-state index in [-0.39, 0.29) is 5.92 Å². The summed E-state index contributed by atoms with van der Waals surface area (Å²) in [5.74, 6) is 1.29. The first kappa shape index (κ1) is 16.6. The lowest BCUT2D eigenvalue weighted by Crippen LogP contribution is -2.33. The van der Waals surface area contributed by atoms with Crippen molar-refractivity contribution < 1.29 is 17.7 Å². The van der Waals surface area contributed by atoms with Crippen LogP contribution < -0.4 is 4.90 Å². The van der Waals surface area contributed by atoms with Gasteiger partial charge in [0.25, 0.3) is 11.8 Å². The Morgan fingerprint density at radius 2 is 1.85 bits per heavy atom. The Morgan fingerprint density at radius 3 is 2.50 bits per heavy atom. The predicted molar refractivity (Wildman–Crippen MR) is 87.5 cm³/mol. The summed E-state index contributed by atoms with van der Waals surface area (Å²) in [7, 11) is 0. The van der Waals surface area contributed by atoms with Crippen LogP contribution in [0, 0.1) is 0 Å². The maximum absolute atomic E-state index is 12.7. The average Bonchev–Trinajstić information content (AvgIpc) is 3.32. The maximum atomic E-state index is 12.7. The molecule has 1 aliphatic rings. The number of rotatable bonds is 3. The van der Waals surface area contributed by atoms with Crippen LogP contribution in [0.15, 0.2) is 41.1 Å². The van der Waals surface area contributed by atoms with Crippen LogP contribution in [-0.4, -0.2) is 33.2 Å². The van der Waals surface area contributed by atoms with Gasteiger partial charge in [0, 0.05) is 24.6 Å². The molecule has 0 spiro atoms. The van der Waals surface area contributed by atoms with Crippen LogP contribution in [0.25, 0.3) is 11.5 Å². The number of halogens is 3. The third-order valence-corrected chi connectivity index (χ3v) is 4.50. The molecule has 0 aliphatic carbocycles. The summed E-state index contributed by atoms with van der Waals surface area (Å²) >= 11 is 0. The van der Waals surface area contributed by atoms with Crippen molar-refractivity contribution in [2.45, 2.75) is 24.9 Å². The van der Waals surface area contributed by atoms with Crippen molar-refractivity contribution in [1.29, 1.82) is 0 Å². The van der Waals surface area contributed by atoms with E-state index in [2.05, 4.69) is 20.1 Å². The number of aromatic nitrogens is 4. The van der Waals surface area contributed by atoms with Crippen LogP contribution in [0.4, 0.5) is 19.1 Å². The molecule has 26 heavy (non-hydrogen) atoms. The highest BCUT2D eigenvalue weighted by molar-refractivity contribution is 5.54. The van der Waals surface area contributed by atoms with Crippen LogP contribution in [0.5, 0.6) is 0 Å². The van der Waals surface area contributed by atoms with Gasteiger partial charge in [0.1, 0.15) is 11.5 Å². The Hall–Kier alpha value is -2.84. The summed E-state index contributed by atoms with van der Waals surface area (Å²) in [6.45, 7) is 1.25. The fourth-order valence-electron chi connectivity index (χ4n) is 3.08. The van der Waals surface area contributed by atoms with Crippen molar-refractivity contribution in [3.8, 4) is 11.5 Å². The Balaban J connectivity index is 1.41. The van der Waals surface area contributed by atoms with Crippen molar-refractivity contribution >= 4 is 5.95 Å². The average molecular weight is 363 g/mol. The standard InChI is InChI=1S/C17H16F3N5O/c18-17(19,20)13-10-21-14(22-13)11-6-8-25(9-7-11)16-23-15(26-24-16)12-4-2-1-3-5-12/h1-5,10-11H,6-9H2,(H,21,22). The second-order valence-electron chi connectivity index (χ2n) is 6.21. The molecule has 0 saturated carbocycles. The van der Waals surface area contributed by atoms with Crippen LogP contribution in [0.3, 0.4) is 0 Å². The Kier molecular flexibility index (Phi) is 4.14. The second kappa shape index (κ2) is 6.47. The number of alkyl halides is 3. The summed E-state index contributed by atoms with van der Waals surface area (Å²) in [6.07, 6.45) is -2.21. The molecule has 0 bridgehead atoms. The number of hydrogen-bond acceptors (Lipinski definition) is 5. The predicted octanol–water partition coefficient (Wildman–Crippen LogP) is 3.86. The normalized spacial score (nSPS) is 16.2. The fraction of sp³-hybridized carbons (Fsp3) is 0.353. The molecular formula is C17H16F3N5O. The number of imidazole rings is 1. The minimum atomic E-state index is -4.40. The summed E-state index contributed by atoms with van der Waals surface area (Å²) in [6, 6.07) is 9.47. The van der Waals surface area contributed by atoms with Gasteiger partial charge in [0.15, 0.2) is 0 Å². The third-order valence-electron chi connectivity index (χ3n) is 4.50. The van der Waals surface area contributed by atoms with Gasteiger partial charge in [-0.3, -0.25) is 0 Å². The van der Waals surface area contributed by atoms with Crippen molar-refractivity contribution in [3.63, 3.8) is 0 Å². The smallest absolute Gasteiger partial charge is 0.338 e. The third kappa shape index (κ3) is 3.29. The highest BCUT2D eigenvalue weighted by Crippen LogP contribution is 2.32. The molecule has 1 saturated heterocycles. The van der Waals surface area contributed by atoms with Crippen LogP contribution >= 0.6 is 0 Å². The molecule has 0 unspecified atom stereocenters. The highest BCUT2D eigenvalue weighted by atomic mass is 19.4. The lowest BCUT2D eigenvalue weighted by molar-refractivity contribution is -0.141. The molecule has 6 nitrogen and oxygen atoms in total. The van der Waals surface area contributed by atoms with Crippen molar-refractivity contribution in [1.82, 2.24) is 20.1 Å². The molecule has 136 valence electrons. The number of benzene rings is 1. The van der Waals surface area contributed by atoms with Gasteiger partial charge in [-0.15, -0.1) is 0 Å². The van der Waals surface area contributed by atoms with E-state index >= 15 is 0 Å². The maximum Gasteiger partial charge on any atom is 0.432 e. The van der Waals surface area contributed by atoms with Gasteiger partial charge in [-0.2, -0.15) is 18.2 Å². The minimum absolute atomic E-state index is 0.0390. The molecular weight excluding hydrogens is 347 g/mol. The Morgan fingerprint density at radius 1 is 1.12 bits per heavy atom. The molecule has 1 N–H and O–H groups in total. The number of aromatic amines is 1. The molecule has 4 rings (SSSR count). The molecule has 3 aromatic rings. The van der Waals surface area contributed by atoms with Crippen LogP contribution in [0.2, 0.25) is 0 Å². The van der Waals surface area contributed by atoms with E-state index in [9.17, 15) is 13.2 Å². The van der Waals surface area contributed by atoms with Gasteiger partial charge in [0.2, 0.25) is 0 Å². The number of anilines is 1. The lowest BCUT2D eigenvalue weighted by Gasteiger charge is -2.29. The van der Waals surface area contributed by atoms with Crippen molar-refractivity contribution in [3.05, 3.63) is 48.0 Å². The molecule has 0 amide bonds.